The molecular formula is C22H25Cl2NO2S. The number of hydrogen-bond acceptors (Lipinski definition) is 3. The molecule has 0 spiro atoms. The Morgan fingerprint density at radius 1 is 1.14 bits per heavy atom. The van der Waals surface area contributed by atoms with E-state index in [9.17, 15) is 4.79 Å². The van der Waals surface area contributed by atoms with Crippen molar-refractivity contribution in [3.8, 4) is 5.75 Å². The van der Waals surface area contributed by atoms with Gasteiger partial charge in [0, 0.05) is 27.8 Å². The molecule has 1 heterocycles. The zero-order valence-electron chi connectivity index (χ0n) is 16.1. The summed E-state index contributed by atoms with van der Waals surface area (Å²) in [6, 6.07) is 13.4. The van der Waals surface area contributed by atoms with Gasteiger partial charge in [0.05, 0.1) is 11.8 Å². The molecule has 150 valence electrons. The summed E-state index contributed by atoms with van der Waals surface area (Å²) in [7, 11) is 0. The fourth-order valence-corrected chi connectivity index (χ4v) is 5.16. The molecule has 2 aromatic rings. The predicted octanol–water partition coefficient (Wildman–Crippen LogP) is 6.43. The van der Waals surface area contributed by atoms with Crippen LogP contribution in [0.4, 0.5) is 0 Å². The van der Waals surface area contributed by atoms with Gasteiger partial charge in [-0.2, -0.15) is 0 Å². The molecule has 6 heteroatoms. The van der Waals surface area contributed by atoms with Gasteiger partial charge in [-0.25, -0.2) is 0 Å². The van der Waals surface area contributed by atoms with E-state index in [2.05, 4.69) is 19.2 Å². The Morgan fingerprint density at radius 3 is 2.50 bits per heavy atom. The lowest BCUT2D eigenvalue weighted by molar-refractivity contribution is -0.120. The topological polar surface area (TPSA) is 38.3 Å². The molecule has 0 radical (unpaired) electrons. The second-order valence-electron chi connectivity index (χ2n) is 7.05. The number of benzene rings is 2. The summed E-state index contributed by atoms with van der Waals surface area (Å²) in [6.45, 7) is 4.28. The van der Waals surface area contributed by atoms with Crippen molar-refractivity contribution in [2.75, 3.05) is 5.75 Å². The molecule has 1 aliphatic heterocycles. The van der Waals surface area contributed by atoms with E-state index < -0.39 is 0 Å². The van der Waals surface area contributed by atoms with Crippen molar-refractivity contribution < 1.29 is 9.53 Å². The van der Waals surface area contributed by atoms with Crippen LogP contribution in [0, 0.1) is 0 Å². The fraction of sp³-hybridized carbons (Fsp3) is 0.409. The van der Waals surface area contributed by atoms with E-state index in [0.717, 1.165) is 36.1 Å². The number of hydrogen-bond donors (Lipinski definition) is 1. The number of para-hydroxylation sites is 1. The Morgan fingerprint density at radius 2 is 1.82 bits per heavy atom. The summed E-state index contributed by atoms with van der Waals surface area (Å²) in [5.74, 6) is 1.84. The molecule has 0 saturated heterocycles. The molecule has 1 N–H and O–H groups in total. The zero-order valence-corrected chi connectivity index (χ0v) is 18.5. The number of ether oxygens (including phenoxy) is 1. The average Bonchev–Trinajstić information content (AvgIpc) is 2.70. The molecule has 1 amide bonds. The van der Waals surface area contributed by atoms with Crippen LogP contribution >= 0.6 is 35.0 Å². The van der Waals surface area contributed by atoms with Gasteiger partial charge in [0.1, 0.15) is 11.4 Å². The van der Waals surface area contributed by atoms with Crippen LogP contribution < -0.4 is 10.1 Å². The number of nitrogens with one attached hydrogen (secondary N) is 1. The van der Waals surface area contributed by atoms with E-state index in [0.29, 0.717) is 21.6 Å². The summed E-state index contributed by atoms with van der Waals surface area (Å²) in [6.07, 6.45) is 2.59. The summed E-state index contributed by atoms with van der Waals surface area (Å²) >= 11 is 13.9. The third kappa shape index (κ3) is 4.79. The molecule has 3 rings (SSSR count). The van der Waals surface area contributed by atoms with E-state index in [-0.39, 0.29) is 17.6 Å². The van der Waals surface area contributed by atoms with Gasteiger partial charge in [0.15, 0.2) is 0 Å². The van der Waals surface area contributed by atoms with Crippen LogP contribution in [-0.4, -0.2) is 17.3 Å². The molecule has 0 saturated carbocycles. The predicted molar refractivity (Wildman–Crippen MR) is 119 cm³/mol. The molecule has 3 nitrogen and oxygen atoms in total. The summed E-state index contributed by atoms with van der Waals surface area (Å²) in [5.41, 5.74) is 1.69. The lowest BCUT2D eigenvalue weighted by Crippen LogP contribution is -2.44. The third-order valence-electron chi connectivity index (χ3n) is 5.36. The Labute approximate surface area is 181 Å². The Kier molecular flexibility index (Phi) is 7.19. The number of thioether (sulfide) groups is 1. The van der Waals surface area contributed by atoms with Crippen molar-refractivity contribution in [3.63, 3.8) is 0 Å². The zero-order chi connectivity index (χ0) is 20.1. The van der Waals surface area contributed by atoms with Crippen molar-refractivity contribution in [2.24, 2.45) is 0 Å². The van der Waals surface area contributed by atoms with Crippen LogP contribution in [0.5, 0.6) is 5.75 Å². The Bertz CT molecular complexity index is 819. The summed E-state index contributed by atoms with van der Waals surface area (Å²) < 4.78 is 6.31. The van der Waals surface area contributed by atoms with Gasteiger partial charge in [-0.1, -0.05) is 61.3 Å². The van der Waals surface area contributed by atoms with Crippen LogP contribution in [0.2, 0.25) is 10.0 Å². The first-order valence-electron chi connectivity index (χ1n) is 9.56. The maximum atomic E-state index is 12.6. The summed E-state index contributed by atoms with van der Waals surface area (Å²) in [4.78, 5) is 12.6. The standard InChI is InChI=1S/C22H25Cl2NO2S/c1-3-22(4-2)12-19(15-8-5-6-11-20(15)27-22)25-21(26)14-28-13-16-17(23)9-7-10-18(16)24/h5-11,19H,3-4,12-14H2,1-2H3,(H,25,26)/t19-/m0/s1. The van der Waals surface area contributed by atoms with Gasteiger partial charge in [-0.3, -0.25) is 4.79 Å². The number of amides is 1. The number of fused-ring (bicyclic) bond motifs is 1. The van der Waals surface area contributed by atoms with Crippen LogP contribution in [0.3, 0.4) is 0 Å². The molecule has 0 aliphatic carbocycles. The van der Waals surface area contributed by atoms with Gasteiger partial charge in [0.25, 0.3) is 0 Å². The number of carbonyl (C=O) groups is 1. The molecule has 1 atom stereocenters. The minimum Gasteiger partial charge on any atom is -0.487 e. The fourth-order valence-electron chi connectivity index (χ4n) is 3.58. The number of rotatable bonds is 7. The third-order valence-corrected chi connectivity index (χ3v) is 7.03. The highest BCUT2D eigenvalue weighted by molar-refractivity contribution is 7.99. The monoisotopic (exact) mass is 437 g/mol. The van der Waals surface area contributed by atoms with E-state index in [1.165, 1.54) is 11.8 Å². The van der Waals surface area contributed by atoms with Crippen molar-refractivity contribution in [1.29, 1.82) is 0 Å². The summed E-state index contributed by atoms with van der Waals surface area (Å²) in [5, 5.41) is 4.48. The minimum absolute atomic E-state index is 0.0102. The molecule has 28 heavy (non-hydrogen) atoms. The van der Waals surface area contributed by atoms with Gasteiger partial charge >= 0.3 is 0 Å². The van der Waals surface area contributed by atoms with Crippen molar-refractivity contribution >= 4 is 40.9 Å². The molecule has 0 aromatic heterocycles. The van der Waals surface area contributed by atoms with Gasteiger partial charge in [-0.05, 0) is 36.6 Å². The SMILES string of the molecule is CCC1(CC)C[C@H](NC(=O)CSCc2c(Cl)cccc2Cl)c2ccccc2O1. The van der Waals surface area contributed by atoms with Crippen molar-refractivity contribution in [3.05, 3.63) is 63.6 Å². The second-order valence-corrected chi connectivity index (χ2v) is 8.85. The molecule has 1 aliphatic rings. The molecule has 0 fully saturated rings. The maximum absolute atomic E-state index is 12.6. The largest absolute Gasteiger partial charge is 0.487 e. The van der Waals surface area contributed by atoms with Gasteiger partial charge < -0.3 is 10.1 Å². The lowest BCUT2D eigenvalue weighted by atomic mass is 9.83. The first-order chi connectivity index (χ1) is 13.5. The number of halogens is 2. The first-order valence-corrected chi connectivity index (χ1v) is 11.5. The lowest BCUT2D eigenvalue weighted by Gasteiger charge is -2.41. The van der Waals surface area contributed by atoms with Crippen LogP contribution in [0.25, 0.3) is 0 Å². The highest BCUT2D eigenvalue weighted by atomic mass is 35.5. The van der Waals surface area contributed by atoms with Crippen LogP contribution in [-0.2, 0) is 10.5 Å². The van der Waals surface area contributed by atoms with E-state index in [1.54, 1.807) is 0 Å². The molecular weight excluding hydrogens is 413 g/mol. The number of carbonyl (C=O) groups excluding carboxylic acids is 1. The van der Waals surface area contributed by atoms with Crippen molar-refractivity contribution in [1.82, 2.24) is 5.32 Å². The van der Waals surface area contributed by atoms with Crippen LogP contribution in [0.15, 0.2) is 42.5 Å². The second kappa shape index (κ2) is 9.43. The average molecular weight is 438 g/mol. The van der Waals surface area contributed by atoms with E-state index in [1.807, 2.05) is 42.5 Å². The van der Waals surface area contributed by atoms with Gasteiger partial charge in [-0.15, -0.1) is 11.8 Å². The highest BCUT2D eigenvalue weighted by Crippen LogP contribution is 2.42. The quantitative estimate of drug-likeness (QED) is 0.542. The Balaban J connectivity index is 1.64. The molecule has 0 unspecified atom stereocenters. The molecule has 2 aromatic carbocycles. The first kappa shape index (κ1) is 21.4. The van der Waals surface area contributed by atoms with E-state index in [4.69, 9.17) is 27.9 Å². The van der Waals surface area contributed by atoms with Crippen molar-refractivity contribution in [2.45, 2.75) is 50.5 Å². The smallest absolute Gasteiger partial charge is 0.230 e. The van der Waals surface area contributed by atoms with Gasteiger partial charge in [0.2, 0.25) is 5.91 Å². The normalized spacial score (nSPS) is 17.5. The highest BCUT2D eigenvalue weighted by Gasteiger charge is 2.38. The maximum Gasteiger partial charge on any atom is 0.230 e. The Hall–Kier alpha value is -1.36. The molecule has 0 bridgehead atoms. The minimum atomic E-state index is -0.232. The van der Waals surface area contributed by atoms with Crippen LogP contribution in [0.1, 0.15) is 50.3 Å². The van der Waals surface area contributed by atoms with E-state index >= 15 is 0 Å².